The van der Waals surface area contributed by atoms with Gasteiger partial charge in [-0.2, -0.15) is 0 Å². The monoisotopic (exact) mass is 1960 g/mol. The Kier molecular flexibility index (Phi) is 28.2. The quantitative estimate of drug-likeness (QED) is 0.00615. The van der Waals surface area contributed by atoms with E-state index in [1.165, 1.54) is 182 Å². The molecule has 12 aromatic carbocycles. The molecule has 0 amide bonds. The molecule has 8 bridgehead atoms. The predicted molar refractivity (Wildman–Crippen MR) is 521 cm³/mol. The van der Waals surface area contributed by atoms with Gasteiger partial charge in [0.25, 0.3) is 0 Å². The third-order valence-electron chi connectivity index (χ3n) is 22.3. The van der Waals surface area contributed by atoms with Crippen LogP contribution in [0.1, 0.15) is 138 Å². The fraction of sp³-hybridized carbons (Fsp3) is 0.154. The summed E-state index contributed by atoms with van der Waals surface area (Å²) in [6, 6.07) is 46.7. The van der Waals surface area contributed by atoms with Crippen LogP contribution in [0.2, 0.25) is 0 Å². The van der Waals surface area contributed by atoms with E-state index >= 15 is 35.1 Å². The number of H-pyrrole nitrogens is 2. The lowest BCUT2D eigenvalue weighted by Gasteiger charge is -2.27. The first-order chi connectivity index (χ1) is 69.6. The second kappa shape index (κ2) is 41.7. The van der Waals surface area contributed by atoms with Crippen LogP contribution in [0.3, 0.4) is 0 Å². The molecular weight excluding hydrogens is 1880 g/mol. The molecule has 0 radical (unpaired) electrons. The molecule has 0 saturated carbocycles. The van der Waals surface area contributed by atoms with Crippen LogP contribution >= 0.6 is 0 Å². The lowest BCUT2D eigenvalue weighted by molar-refractivity contribution is 0.0517. The van der Waals surface area contributed by atoms with Crippen LogP contribution in [0, 0.1) is 46.5 Å². The van der Waals surface area contributed by atoms with Gasteiger partial charge in [-0.05, 0) is 201 Å². The van der Waals surface area contributed by atoms with E-state index in [0.29, 0.717) is 0 Å². The molecule has 2 aliphatic heterocycles. The molecule has 0 fully saturated rings. The fourth-order valence-corrected chi connectivity index (χ4v) is 16.2. The number of benzene rings is 12. The van der Waals surface area contributed by atoms with Crippen LogP contribution < -0.4 is 42.5 Å². The minimum absolute atomic E-state index is 0.0000127. The maximum absolute atomic E-state index is 17.9. The van der Waals surface area contributed by atoms with Gasteiger partial charge in [-0.3, -0.25) is 0 Å². The molecule has 40 heteroatoms. The summed E-state index contributed by atoms with van der Waals surface area (Å²) in [4.78, 5) is 149. The van der Waals surface area contributed by atoms with Gasteiger partial charge in [0.05, 0.1) is 187 Å². The highest BCUT2D eigenvalue weighted by Gasteiger charge is 2.39. The zero-order chi connectivity index (χ0) is 102. The van der Waals surface area contributed by atoms with Crippen LogP contribution in [0.5, 0.6) is 0 Å². The minimum Gasteiger partial charge on any atom is -0.462 e. The van der Waals surface area contributed by atoms with Crippen molar-refractivity contribution in [2.24, 2.45) is 0 Å². The van der Waals surface area contributed by atoms with Crippen molar-refractivity contribution in [1.82, 2.24) is 39.9 Å². The Bertz CT molecular complexity index is 8000. The first kappa shape index (κ1) is 97.3. The smallest absolute Gasteiger partial charge is 0.338 e. The normalized spacial score (nSPS) is 11.2. The van der Waals surface area contributed by atoms with Gasteiger partial charge in [0, 0.05) is 45.5 Å². The maximum Gasteiger partial charge on any atom is 0.338 e. The largest absolute Gasteiger partial charge is 0.462 e. The van der Waals surface area contributed by atoms with Gasteiger partial charge < -0.3 is 90.4 Å². The Labute approximate surface area is 811 Å². The molecule has 730 valence electrons. The average molecular weight is 1960 g/mol. The summed E-state index contributed by atoms with van der Waals surface area (Å²) in [6.07, 6.45) is 0. The predicted octanol–water partition coefficient (Wildman–Crippen LogP) is 23.3. The molecule has 0 spiro atoms. The van der Waals surface area contributed by atoms with E-state index in [0.717, 1.165) is 0 Å². The molecule has 0 saturated heterocycles. The number of nitrogens with zero attached hydrogens (tertiary/aromatic N) is 6. The first-order valence-electron chi connectivity index (χ1n) is 45.0. The number of hydrogen-bond acceptors (Lipinski definition) is 30. The molecular formula is C104H82F8N16O16. The van der Waals surface area contributed by atoms with Crippen molar-refractivity contribution in [3.63, 3.8) is 0 Å². The van der Waals surface area contributed by atoms with Crippen LogP contribution in [-0.2, 0) is 37.9 Å². The van der Waals surface area contributed by atoms with Gasteiger partial charge >= 0.3 is 47.8 Å². The van der Waals surface area contributed by atoms with Gasteiger partial charge in [-0.1, -0.05) is 48.5 Å². The summed E-state index contributed by atoms with van der Waals surface area (Å²) in [6.45, 7) is 11.8. The summed E-state index contributed by atoms with van der Waals surface area (Å²) in [7, 11) is 0. The number of hydrogen-bond donors (Lipinski definition) is 10. The van der Waals surface area contributed by atoms with E-state index in [-0.39, 0.29) is 210 Å². The Balaban J connectivity index is 1.17. The third kappa shape index (κ3) is 19.4. The number of esters is 8. The van der Waals surface area contributed by atoms with Gasteiger partial charge in [0.15, 0.2) is 69.8 Å². The van der Waals surface area contributed by atoms with Crippen molar-refractivity contribution < 1.29 is 111 Å². The van der Waals surface area contributed by atoms with Crippen molar-refractivity contribution >= 4 is 183 Å². The maximum atomic E-state index is 17.9. The Morgan fingerprint density at radius 2 is 0.389 bits per heavy atom. The van der Waals surface area contributed by atoms with Crippen molar-refractivity contribution in [3.8, 4) is 45.6 Å². The molecule has 2 aliphatic rings. The number of nitrogens with one attached hydrogen (secondary N) is 10. The standard InChI is InChI=1S/C104H82F8N16O16/c1-9-137-97(129)49-25-17-33-57(41-49)113-81-69-71(83(115-59-35-19-27-51(43-59)99(131)139-11-3)87(119-63-39-23-31-55(47-63)103(135)143-15-7)85(81)117-61-37-21-29-53(45-61)101(133)141-13-5)95-126-93(69)124-91-67-65(73(105)77(109)79(111)75(67)107)89(122-91)121-90-66-68(76(108)80(112)78(110)74(66)106)92(123-90)125-94-70-72(96(127-94)128-95)84(116-60-36-20-28-52(44-60)100(132)140-12-4)88(120-64-40-24-32-56(48-64)104(136)144-16-8)86(118-62-38-22-30-54(46-62)102(134)142-14-6)82(70)114-58-34-18-26-50(42-58)98(130)138-10-2/h17-48,113-120H,9-16H2,1-8H3,(H2,121,122,123,124,125,126,127,128). The molecule has 17 rings (SSSR count). The molecule has 0 atom stereocenters. The van der Waals surface area contributed by atoms with Gasteiger partial charge in [0.1, 0.15) is 22.6 Å². The lowest BCUT2D eigenvalue weighted by atomic mass is 9.97. The molecule has 0 aliphatic carbocycles. The Morgan fingerprint density at radius 1 is 0.215 bits per heavy atom. The molecule has 10 N–H and O–H groups in total. The van der Waals surface area contributed by atoms with Crippen LogP contribution in [0.4, 0.5) is 126 Å². The third-order valence-corrected chi connectivity index (χ3v) is 22.3. The minimum atomic E-state index is -2.48. The molecule has 15 aromatic rings. The van der Waals surface area contributed by atoms with Gasteiger partial charge in [-0.25, -0.2) is 103 Å². The van der Waals surface area contributed by atoms with Gasteiger partial charge in [0.2, 0.25) is 0 Å². The van der Waals surface area contributed by atoms with Gasteiger partial charge in [-0.15, -0.1) is 0 Å². The highest BCUT2D eigenvalue weighted by molar-refractivity contribution is 6.27. The van der Waals surface area contributed by atoms with E-state index in [4.69, 9.17) is 57.8 Å². The SMILES string of the molecule is CCOC(=O)c1cccc(Nc2c(Nc3cccc(C(=O)OCC)c3)c(Nc3cccc(C(=O)OCC)c3)c3c(c2Nc2cccc(C(=O)OCC)c2)-c2nc-3nc3[nH]c(nc4nc(nc5[nH]c(n2)c2c(F)c(F)c(F)c(F)c52)-c2c(F)c(F)c(F)c(F)c2-4)c2c(Nc4cccc(C(=O)OCC)c4)c(Nc4cccc(C(=O)OCC)c4)c(Nc4cccc(C(=O)OCC)c4)c(Nc4cccc(C(=O)OCC)c4)c32)c1. The number of fused-ring (bicyclic) bond motifs is 20. The zero-order valence-corrected chi connectivity index (χ0v) is 77.4. The first-order valence-corrected chi connectivity index (χ1v) is 45.0. The van der Waals surface area contributed by atoms with Crippen LogP contribution in [-0.4, -0.2) is 140 Å². The second-order valence-corrected chi connectivity index (χ2v) is 31.5. The molecule has 0 unspecified atom stereocenters. The summed E-state index contributed by atoms with van der Waals surface area (Å²) in [5, 5.41) is 24.5. The van der Waals surface area contributed by atoms with Crippen LogP contribution in [0.15, 0.2) is 194 Å². The highest BCUT2D eigenvalue weighted by atomic mass is 19.2. The summed E-state index contributed by atoms with van der Waals surface area (Å²) >= 11 is 0. The number of rotatable bonds is 32. The van der Waals surface area contributed by atoms with Crippen molar-refractivity contribution in [1.29, 1.82) is 0 Å². The number of aromatic amines is 2. The average Bonchev–Trinajstić information content (AvgIpc) is 1.55. The second-order valence-electron chi connectivity index (χ2n) is 31.5. The van der Waals surface area contributed by atoms with Crippen molar-refractivity contribution in [3.05, 3.63) is 285 Å². The highest BCUT2D eigenvalue weighted by Crippen LogP contribution is 2.58. The Hall–Kier alpha value is -18.4. The number of carbonyl (C=O) groups excluding carboxylic acids is 8. The summed E-state index contributed by atoms with van der Waals surface area (Å²) in [5.74, 6) is -29.0. The summed E-state index contributed by atoms with van der Waals surface area (Å²) in [5.41, 5.74) is -8.71. The summed E-state index contributed by atoms with van der Waals surface area (Å²) < 4.78 is 182. The van der Waals surface area contributed by atoms with Crippen LogP contribution in [0.25, 0.3) is 89.7 Å². The number of halogens is 8. The van der Waals surface area contributed by atoms with E-state index < -0.39 is 162 Å². The van der Waals surface area contributed by atoms with Crippen molar-refractivity contribution in [2.75, 3.05) is 95.4 Å². The molecule has 144 heavy (non-hydrogen) atoms. The number of ether oxygens (including phenoxy) is 8. The number of carbonyl (C=O) groups is 8. The zero-order valence-electron chi connectivity index (χ0n) is 77.4. The molecule has 3 aromatic heterocycles. The van der Waals surface area contributed by atoms with E-state index in [9.17, 15) is 38.4 Å². The number of aromatic nitrogens is 8. The van der Waals surface area contributed by atoms with E-state index in [1.807, 2.05) is 0 Å². The van der Waals surface area contributed by atoms with Crippen molar-refractivity contribution in [2.45, 2.75) is 55.4 Å². The number of anilines is 16. The van der Waals surface area contributed by atoms with E-state index in [2.05, 4.69) is 62.5 Å². The van der Waals surface area contributed by atoms with E-state index in [1.54, 1.807) is 67.5 Å². The fourth-order valence-electron chi connectivity index (χ4n) is 16.2. The Morgan fingerprint density at radius 3 is 0.597 bits per heavy atom. The lowest BCUT2D eigenvalue weighted by Crippen LogP contribution is -2.11. The molecule has 5 heterocycles. The molecule has 32 nitrogen and oxygen atoms in total. The topological polar surface area (TPSA) is 416 Å².